The summed E-state index contributed by atoms with van der Waals surface area (Å²) in [5.41, 5.74) is 3.38. The number of hydrogen-bond acceptors (Lipinski definition) is 6. The molecule has 0 N–H and O–H groups in total. The molecule has 2 aromatic heterocycles. The molecule has 2 aromatic carbocycles. The standard InChI is InChI=1S/C23H26N4O3S2/c1-4-5-13-27-21-12-11-19(32(28,29)26(2)3)14-20(21)25-23(27)31-16-18-15-30-22(24-18)17-9-7-6-8-10-17/h6-12,14-15H,4-5,13,16H2,1-3H3. The van der Waals surface area contributed by atoms with E-state index < -0.39 is 10.0 Å². The van der Waals surface area contributed by atoms with Crippen LogP contribution in [0, 0.1) is 0 Å². The molecule has 168 valence electrons. The van der Waals surface area contributed by atoms with Crippen LogP contribution in [-0.2, 0) is 22.3 Å². The van der Waals surface area contributed by atoms with Crippen LogP contribution in [0.1, 0.15) is 25.5 Å². The maximum Gasteiger partial charge on any atom is 0.242 e. The molecule has 4 rings (SSSR count). The lowest BCUT2D eigenvalue weighted by Crippen LogP contribution is -2.22. The summed E-state index contributed by atoms with van der Waals surface area (Å²) in [6, 6.07) is 14.9. The van der Waals surface area contributed by atoms with Gasteiger partial charge in [-0.05, 0) is 36.8 Å². The highest BCUT2D eigenvalue weighted by molar-refractivity contribution is 7.98. The van der Waals surface area contributed by atoms with Gasteiger partial charge in [0.1, 0.15) is 6.26 Å². The van der Waals surface area contributed by atoms with E-state index in [4.69, 9.17) is 9.40 Å². The Kier molecular flexibility index (Phi) is 6.68. The van der Waals surface area contributed by atoms with Crippen LogP contribution < -0.4 is 0 Å². The largest absolute Gasteiger partial charge is 0.444 e. The number of aromatic nitrogens is 3. The Balaban J connectivity index is 1.61. The van der Waals surface area contributed by atoms with Gasteiger partial charge in [0.2, 0.25) is 15.9 Å². The van der Waals surface area contributed by atoms with E-state index in [1.807, 2.05) is 36.4 Å². The molecular formula is C23H26N4O3S2. The molecule has 0 aliphatic heterocycles. The first-order chi connectivity index (χ1) is 15.4. The third-order valence-corrected chi connectivity index (χ3v) is 7.94. The van der Waals surface area contributed by atoms with Crippen LogP contribution in [0.3, 0.4) is 0 Å². The molecule has 2 heterocycles. The Morgan fingerprint density at radius 3 is 2.59 bits per heavy atom. The molecule has 0 spiro atoms. The highest BCUT2D eigenvalue weighted by atomic mass is 32.2. The summed E-state index contributed by atoms with van der Waals surface area (Å²) in [5.74, 6) is 1.20. The van der Waals surface area contributed by atoms with Gasteiger partial charge >= 0.3 is 0 Å². The molecule has 0 bridgehead atoms. The predicted octanol–water partition coefficient (Wildman–Crippen LogP) is 5.03. The summed E-state index contributed by atoms with van der Waals surface area (Å²) < 4.78 is 34.1. The Morgan fingerprint density at radius 2 is 1.88 bits per heavy atom. The van der Waals surface area contributed by atoms with Gasteiger partial charge in [-0.15, -0.1) is 0 Å². The minimum atomic E-state index is -3.51. The summed E-state index contributed by atoms with van der Waals surface area (Å²) >= 11 is 1.57. The van der Waals surface area contributed by atoms with Gasteiger partial charge in [0.05, 0.1) is 21.6 Å². The smallest absolute Gasteiger partial charge is 0.242 e. The van der Waals surface area contributed by atoms with Crippen LogP contribution in [0.25, 0.3) is 22.5 Å². The number of rotatable bonds is 9. The van der Waals surface area contributed by atoms with Crippen molar-refractivity contribution in [1.82, 2.24) is 18.8 Å². The lowest BCUT2D eigenvalue weighted by molar-refractivity contribution is 0.521. The van der Waals surface area contributed by atoms with Gasteiger partial charge in [-0.2, -0.15) is 0 Å². The van der Waals surface area contributed by atoms with Crippen molar-refractivity contribution in [3.63, 3.8) is 0 Å². The molecule has 0 aliphatic carbocycles. The summed E-state index contributed by atoms with van der Waals surface area (Å²) in [5, 5.41) is 0.845. The van der Waals surface area contributed by atoms with Crippen molar-refractivity contribution in [2.45, 2.75) is 42.1 Å². The molecule has 0 aliphatic rings. The third-order valence-electron chi connectivity index (χ3n) is 5.12. The van der Waals surface area contributed by atoms with Gasteiger partial charge in [-0.25, -0.2) is 22.7 Å². The highest BCUT2D eigenvalue weighted by Gasteiger charge is 2.20. The minimum Gasteiger partial charge on any atom is -0.444 e. The number of hydrogen-bond donors (Lipinski definition) is 0. The lowest BCUT2D eigenvalue weighted by Gasteiger charge is -2.11. The van der Waals surface area contributed by atoms with E-state index in [0.717, 1.165) is 41.3 Å². The van der Waals surface area contributed by atoms with Crippen LogP contribution in [0.4, 0.5) is 0 Å². The molecule has 4 aromatic rings. The van der Waals surface area contributed by atoms with E-state index >= 15 is 0 Å². The molecule has 7 nitrogen and oxygen atoms in total. The van der Waals surface area contributed by atoms with Gasteiger partial charge in [0.25, 0.3) is 0 Å². The molecular weight excluding hydrogens is 444 g/mol. The molecule has 0 unspecified atom stereocenters. The fourth-order valence-electron chi connectivity index (χ4n) is 3.33. The minimum absolute atomic E-state index is 0.246. The van der Waals surface area contributed by atoms with E-state index in [-0.39, 0.29) is 4.90 Å². The summed E-state index contributed by atoms with van der Waals surface area (Å²) in [4.78, 5) is 9.61. The topological polar surface area (TPSA) is 81.2 Å². The normalized spacial score (nSPS) is 12.1. The van der Waals surface area contributed by atoms with Crippen LogP contribution >= 0.6 is 11.8 Å². The number of nitrogens with zero attached hydrogens (tertiary/aromatic N) is 4. The zero-order chi connectivity index (χ0) is 22.7. The zero-order valence-electron chi connectivity index (χ0n) is 18.4. The number of oxazole rings is 1. The van der Waals surface area contributed by atoms with Crippen molar-refractivity contribution < 1.29 is 12.8 Å². The third kappa shape index (κ3) is 4.60. The Labute approximate surface area is 192 Å². The first kappa shape index (κ1) is 22.6. The first-order valence-corrected chi connectivity index (χ1v) is 12.9. The highest BCUT2D eigenvalue weighted by Crippen LogP contribution is 2.30. The van der Waals surface area contributed by atoms with E-state index in [0.29, 0.717) is 17.2 Å². The number of imidazole rings is 1. The van der Waals surface area contributed by atoms with Crippen molar-refractivity contribution in [2.24, 2.45) is 0 Å². The van der Waals surface area contributed by atoms with Crippen molar-refractivity contribution in [3.05, 3.63) is 60.5 Å². The molecule has 0 saturated heterocycles. The molecule has 9 heteroatoms. The molecule has 0 saturated carbocycles. The second-order valence-corrected chi connectivity index (χ2v) is 10.7. The summed E-state index contributed by atoms with van der Waals surface area (Å²) in [7, 11) is -0.453. The molecule has 0 atom stereocenters. The van der Waals surface area contributed by atoms with Crippen molar-refractivity contribution >= 4 is 32.8 Å². The van der Waals surface area contributed by atoms with E-state index in [2.05, 4.69) is 16.5 Å². The molecule has 0 amide bonds. The van der Waals surface area contributed by atoms with E-state index in [1.54, 1.807) is 30.2 Å². The van der Waals surface area contributed by atoms with Gasteiger partial charge in [-0.1, -0.05) is 43.3 Å². The molecule has 32 heavy (non-hydrogen) atoms. The monoisotopic (exact) mass is 470 g/mol. The van der Waals surface area contributed by atoms with Crippen LogP contribution in [0.15, 0.2) is 69.3 Å². The van der Waals surface area contributed by atoms with Crippen LogP contribution in [-0.4, -0.2) is 41.4 Å². The Hall–Kier alpha value is -2.62. The second kappa shape index (κ2) is 9.48. The number of benzene rings is 2. The fraction of sp³-hybridized carbons (Fsp3) is 0.304. The number of fused-ring (bicyclic) bond motifs is 1. The number of aryl methyl sites for hydroxylation is 1. The van der Waals surface area contributed by atoms with E-state index in [1.165, 1.54) is 18.4 Å². The number of thioether (sulfide) groups is 1. The SMILES string of the molecule is CCCCn1c(SCc2coc(-c3ccccc3)n2)nc2cc(S(=O)(=O)N(C)C)ccc21. The average Bonchev–Trinajstić information content (AvgIpc) is 3.40. The lowest BCUT2D eigenvalue weighted by atomic mass is 10.2. The summed E-state index contributed by atoms with van der Waals surface area (Å²) in [6.07, 6.45) is 3.75. The molecule has 0 radical (unpaired) electrons. The number of unbranched alkanes of at least 4 members (excludes halogenated alkanes) is 1. The number of sulfonamides is 1. The van der Waals surface area contributed by atoms with Gasteiger partial charge in [-0.3, -0.25) is 0 Å². The Morgan fingerprint density at radius 1 is 1.09 bits per heavy atom. The first-order valence-electron chi connectivity index (χ1n) is 10.5. The zero-order valence-corrected chi connectivity index (χ0v) is 20.0. The van der Waals surface area contributed by atoms with Crippen molar-refractivity contribution in [3.8, 4) is 11.5 Å². The Bertz CT molecular complexity index is 1310. The quantitative estimate of drug-likeness (QED) is 0.319. The van der Waals surface area contributed by atoms with Gasteiger partial charge in [0, 0.05) is 32.0 Å². The van der Waals surface area contributed by atoms with Crippen molar-refractivity contribution in [1.29, 1.82) is 0 Å². The predicted molar refractivity (Wildman–Crippen MR) is 127 cm³/mol. The van der Waals surface area contributed by atoms with E-state index in [9.17, 15) is 8.42 Å². The van der Waals surface area contributed by atoms with Crippen LogP contribution in [0.2, 0.25) is 0 Å². The van der Waals surface area contributed by atoms with Crippen LogP contribution in [0.5, 0.6) is 0 Å². The maximum absolute atomic E-state index is 12.5. The second-order valence-electron chi connectivity index (χ2n) is 7.64. The maximum atomic E-state index is 12.5. The average molecular weight is 471 g/mol. The molecule has 0 fully saturated rings. The van der Waals surface area contributed by atoms with Gasteiger partial charge in [0.15, 0.2) is 5.16 Å². The summed E-state index contributed by atoms with van der Waals surface area (Å²) in [6.45, 7) is 2.97. The van der Waals surface area contributed by atoms with Gasteiger partial charge < -0.3 is 8.98 Å². The fourth-order valence-corrected chi connectivity index (χ4v) is 5.17. The van der Waals surface area contributed by atoms with Crippen molar-refractivity contribution in [2.75, 3.05) is 14.1 Å².